The minimum absolute atomic E-state index is 0.384. The molecular weight excluding hydrogens is 204 g/mol. The molecule has 1 atom stereocenters. The highest BCUT2D eigenvalue weighted by atomic mass is 16.4. The number of carboxylic acids is 1. The number of rotatable bonds is 4. The highest BCUT2D eigenvalue weighted by Gasteiger charge is 2.44. The van der Waals surface area contributed by atoms with E-state index in [4.69, 9.17) is 0 Å². The maximum absolute atomic E-state index is 11.2. The third-order valence-electron chi connectivity index (χ3n) is 4.28. The molecule has 16 heavy (non-hydrogen) atoms. The quantitative estimate of drug-likeness (QED) is 0.748. The van der Waals surface area contributed by atoms with Crippen molar-refractivity contribution in [1.29, 1.82) is 0 Å². The second kappa shape index (κ2) is 4.72. The molecule has 1 aliphatic heterocycles. The van der Waals surface area contributed by atoms with Crippen molar-refractivity contribution in [3.8, 4) is 0 Å². The van der Waals surface area contributed by atoms with Crippen LogP contribution in [0.5, 0.6) is 0 Å². The lowest BCUT2D eigenvalue weighted by atomic mass is 9.66. The molecule has 0 aromatic carbocycles. The van der Waals surface area contributed by atoms with Gasteiger partial charge in [0.25, 0.3) is 0 Å². The SMILES string of the molecule is CC1CNCCN1CCC1(C(=O)O)CCC1. The summed E-state index contributed by atoms with van der Waals surface area (Å²) < 4.78 is 0. The van der Waals surface area contributed by atoms with Crippen LogP contribution in [0.4, 0.5) is 0 Å². The van der Waals surface area contributed by atoms with Crippen molar-refractivity contribution in [2.75, 3.05) is 26.2 Å². The molecule has 2 rings (SSSR count). The molecule has 2 fully saturated rings. The van der Waals surface area contributed by atoms with E-state index < -0.39 is 5.97 Å². The first-order valence-corrected chi connectivity index (χ1v) is 6.32. The van der Waals surface area contributed by atoms with Crippen molar-refractivity contribution in [3.63, 3.8) is 0 Å². The normalized spacial score (nSPS) is 29.7. The van der Waals surface area contributed by atoms with E-state index in [0.717, 1.165) is 51.9 Å². The molecule has 1 saturated carbocycles. The summed E-state index contributed by atoms with van der Waals surface area (Å²) in [6.45, 7) is 6.26. The average molecular weight is 226 g/mol. The second-order valence-electron chi connectivity index (χ2n) is 5.28. The number of aliphatic carboxylic acids is 1. The van der Waals surface area contributed by atoms with Gasteiger partial charge in [0.15, 0.2) is 0 Å². The topological polar surface area (TPSA) is 52.6 Å². The summed E-state index contributed by atoms with van der Waals surface area (Å²) in [5, 5.41) is 12.6. The lowest BCUT2D eigenvalue weighted by Crippen LogP contribution is -2.51. The summed E-state index contributed by atoms with van der Waals surface area (Å²) in [5.74, 6) is -0.582. The molecule has 0 radical (unpaired) electrons. The van der Waals surface area contributed by atoms with E-state index in [0.29, 0.717) is 6.04 Å². The van der Waals surface area contributed by atoms with Gasteiger partial charge in [0.1, 0.15) is 0 Å². The molecule has 92 valence electrons. The smallest absolute Gasteiger partial charge is 0.309 e. The number of hydrogen-bond donors (Lipinski definition) is 2. The number of nitrogens with zero attached hydrogens (tertiary/aromatic N) is 1. The molecule has 4 nitrogen and oxygen atoms in total. The monoisotopic (exact) mass is 226 g/mol. The van der Waals surface area contributed by atoms with Crippen LogP contribution in [0, 0.1) is 5.41 Å². The Morgan fingerprint density at radius 2 is 2.31 bits per heavy atom. The Morgan fingerprint density at radius 3 is 2.81 bits per heavy atom. The Bertz CT molecular complexity index is 264. The Labute approximate surface area is 97.0 Å². The van der Waals surface area contributed by atoms with E-state index in [1.165, 1.54) is 0 Å². The predicted molar refractivity (Wildman–Crippen MR) is 62.4 cm³/mol. The van der Waals surface area contributed by atoms with Crippen molar-refractivity contribution >= 4 is 5.97 Å². The van der Waals surface area contributed by atoms with Gasteiger partial charge in [-0.25, -0.2) is 0 Å². The van der Waals surface area contributed by atoms with Crippen LogP contribution in [0.3, 0.4) is 0 Å². The molecule has 2 aliphatic rings. The van der Waals surface area contributed by atoms with Gasteiger partial charge >= 0.3 is 5.97 Å². The zero-order valence-electron chi connectivity index (χ0n) is 10.0. The van der Waals surface area contributed by atoms with Gasteiger partial charge in [-0.15, -0.1) is 0 Å². The van der Waals surface area contributed by atoms with E-state index in [1.807, 2.05) is 0 Å². The van der Waals surface area contributed by atoms with Gasteiger partial charge in [-0.1, -0.05) is 6.42 Å². The fourth-order valence-corrected chi connectivity index (χ4v) is 2.75. The van der Waals surface area contributed by atoms with Gasteiger partial charge in [0, 0.05) is 25.7 Å². The average Bonchev–Trinajstić information content (AvgIpc) is 2.18. The number of hydrogen-bond acceptors (Lipinski definition) is 3. The first-order chi connectivity index (χ1) is 7.64. The molecule has 2 N–H and O–H groups in total. The van der Waals surface area contributed by atoms with Gasteiger partial charge in [-0.2, -0.15) is 0 Å². The summed E-state index contributed by atoms with van der Waals surface area (Å²) in [4.78, 5) is 13.6. The summed E-state index contributed by atoms with van der Waals surface area (Å²) in [6.07, 6.45) is 3.67. The van der Waals surface area contributed by atoms with E-state index >= 15 is 0 Å². The molecule has 0 spiro atoms. The Morgan fingerprint density at radius 1 is 1.56 bits per heavy atom. The first kappa shape index (κ1) is 11.9. The zero-order valence-corrected chi connectivity index (χ0v) is 10.0. The number of carboxylic acid groups (broad SMARTS) is 1. The van der Waals surface area contributed by atoms with Crippen molar-refractivity contribution in [2.24, 2.45) is 5.41 Å². The lowest BCUT2D eigenvalue weighted by molar-refractivity contribution is -0.155. The summed E-state index contributed by atoms with van der Waals surface area (Å²) >= 11 is 0. The van der Waals surface area contributed by atoms with Gasteiger partial charge < -0.3 is 10.4 Å². The van der Waals surface area contributed by atoms with Crippen LogP contribution < -0.4 is 5.32 Å². The zero-order chi connectivity index (χ0) is 11.6. The summed E-state index contributed by atoms with van der Waals surface area (Å²) in [6, 6.07) is 0.541. The third-order valence-corrected chi connectivity index (χ3v) is 4.28. The van der Waals surface area contributed by atoms with Crippen LogP contribution in [0.2, 0.25) is 0 Å². The van der Waals surface area contributed by atoms with Crippen LogP contribution in [0.1, 0.15) is 32.6 Å². The van der Waals surface area contributed by atoms with Crippen molar-refractivity contribution in [2.45, 2.75) is 38.6 Å². The Balaban J connectivity index is 1.83. The predicted octanol–water partition coefficient (Wildman–Crippen LogP) is 0.925. The number of piperazine rings is 1. The minimum Gasteiger partial charge on any atom is -0.481 e. The second-order valence-corrected chi connectivity index (χ2v) is 5.28. The first-order valence-electron chi connectivity index (χ1n) is 6.32. The van der Waals surface area contributed by atoms with Gasteiger partial charge in [0.05, 0.1) is 5.41 Å². The van der Waals surface area contributed by atoms with E-state index in [9.17, 15) is 9.90 Å². The van der Waals surface area contributed by atoms with Crippen molar-refractivity contribution < 1.29 is 9.90 Å². The van der Waals surface area contributed by atoms with E-state index in [1.54, 1.807) is 0 Å². The fourth-order valence-electron chi connectivity index (χ4n) is 2.75. The Kier molecular flexibility index (Phi) is 3.50. The maximum Gasteiger partial charge on any atom is 0.309 e. The van der Waals surface area contributed by atoms with E-state index in [2.05, 4.69) is 17.1 Å². The van der Waals surface area contributed by atoms with Crippen LogP contribution >= 0.6 is 0 Å². The summed E-state index contributed by atoms with van der Waals surface area (Å²) in [7, 11) is 0. The van der Waals surface area contributed by atoms with Gasteiger partial charge in [0.2, 0.25) is 0 Å². The lowest BCUT2D eigenvalue weighted by Gasteiger charge is -2.41. The minimum atomic E-state index is -0.582. The molecule has 1 saturated heterocycles. The maximum atomic E-state index is 11.2. The fraction of sp³-hybridized carbons (Fsp3) is 0.917. The van der Waals surface area contributed by atoms with Crippen molar-refractivity contribution in [1.82, 2.24) is 10.2 Å². The third kappa shape index (κ3) is 2.23. The molecule has 1 heterocycles. The molecule has 4 heteroatoms. The van der Waals surface area contributed by atoms with E-state index in [-0.39, 0.29) is 5.41 Å². The summed E-state index contributed by atoms with van der Waals surface area (Å²) in [5.41, 5.74) is -0.384. The van der Waals surface area contributed by atoms with Gasteiger partial charge in [-0.05, 0) is 32.7 Å². The molecule has 0 aromatic heterocycles. The van der Waals surface area contributed by atoms with Crippen LogP contribution in [0.15, 0.2) is 0 Å². The molecular formula is C12H22N2O2. The number of carbonyl (C=O) groups is 1. The molecule has 1 aliphatic carbocycles. The van der Waals surface area contributed by atoms with Crippen LogP contribution in [-0.4, -0.2) is 48.2 Å². The Hall–Kier alpha value is -0.610. The molecule has 0 aromatic rings. The number of nitrogens with one attached hydrogen (secondary N) is 1. The molecule has 1 unspecified atom stereocenters. The molecule has 0 bridgehead atoms. The van der Waals surface area contributed by atoms with Crippen LogP contribution in [0.25, 0.3) is 0 Å². The van der Waals surface area contributed by atoms with Crippen molar-refractivity contribution in [3.05, 3.63) is 0 Å². The highest BCUT2D eigenvalue weighted by molar-refractivity contribution is 5.75. The highest BCUT2D eigenvalue weighted by Crippen LogP contribution is 2.44. The molecule has 0 amide bonds. The van der Waals surface area contributed by atoms with Crippen LogP contribution in [-0.2, 0) is 4.79 Å². The van der Waals surface area contributed by atoms with Gasteiger partial charge in [-0.3, -0.25) is 9.69 Å². The standard InChI is InChI=1S/C12H22N2O2/c1-10-9-13-6-8-14(10)7-5-12(11(15)16)3-2-4-12/h10,13H,2-9H2,1H3,(H,15,16). The largest absolute Gasteiger partial charge is 0.481 e.